The predicted octanol–water partition coefficient (Wildman–Crippen LogP) is 5.44. The Morgan fingerprint density at radius 2 is 2.03 bits per heavy atom. The van der Waals surface area contributed by atoms with Gasteiger partial charge in [-0.25, -0.2) is 4.98 Å². The molecule has 2 aliphatic rings. The van der Waals surface area contributed by atoms with Crippen molar-refractivity contribution in [3.8, 4) is 17.0 Å². The molecule has 180 valence electrons. The van der Waals surface area contributed by atoms with Gasteiger partial charge in [-0.2, -0.15) is 0 Å². The molecule has 0 spiro atoms. The van der Waals surface area contributed by atoms with E-state index in [9.17, 15) is 4.79 Å². The number of carbonyl (C=O) groups excluding carboxylic acids is 1. The van der Waals surface area contributed by atoms with E-state index in [0.717, 1.165) is 29.9 Å². The maximum atomic E-state index is 13.5. The van der Waals surface area contributed by atoms with Gasteiger partial charge in [-0.15, -0.1) is 0 Å². The fourth-order valence-electron chi connectivity index (χ4n) is 5.36. The summed E-state index contributed by atoms with van der Waals surface area (Å²) >= 11 is 6.38. The zero-order chi connectivity index (χ0) is 23.5. The lowest BCUT2D eigenvalue weighted by atomic mass is 9.83. The van der Waals surface area contributed by atoms with Crippen LogP contribution in [0.25, 0.3) is 11.3 Å². The van der Waals surface area contributed by atoms with Gasteiger partial charge in [-0.3, -0.25) is 4.79 Å². The third-order valence-electron chi connectivity index (χ3n) is 7.62. The third kappa shape index (κ3) is 4.92. The van der Waals surface area contributed by atoms with Gasteiger partial charge in [0.15, 0.2) is 0 Å². The molecule has 1 amide bonds. The van der Waals surface area contributed by atoms with E-state index in [4.69, 9.17) is 27.1 Å². The standard InChI is InChI=1S/C26H37ClN4O2/c1-4-17(2)23(28)26(32)31-14-13-30-16-21(19-11-8-12-20(27)24(19)33-3)29-25(30)22(31)15-18-9-6-5-7-10-18/h8,11-12,16-18,22-23H,4-7,9-10,13-15,28H2,1-3H3/t17-,22-,23-/m0/s1. The Bertz CT molecular complexity index is 969. The molecule has 0 radical (unpaired) electrons. The van der Waals surface area contributed by atoms with Gasteiger partial charge in [-0.05, 0) is 30.4 Å². The van der Waals surface area contributed by atoms with Crippen LogP contribution < -0.4 is 10.5 Å². The number of fused-ring (bicyclic) bond motifs is 1. The first-order chi connectivity index (χ1) is 15.9. The van der Waals surface area contributed by atoms with Crippen LogP contribution in [0.4, 0.5) is 0 Å². The van der Waals surface area contributed by atoms with Crippen molar-refractivity contribution in [3.05, 3.63) is 35.2 Å². The highest BCUT2D eigenvalue weighted by Crippen LogP contribution is 2.40. The number of benzene rings is 1. The van der Waals surface area contributed by atoms with Gasteiger partial charge in [0.2, 0.25) is 5.91 Å². The molecule has 1 saturated carbocycles. The average molecular weight is 473 g/mol. The van der Waals surface area contributed by atoms with Crippen LogP contribution in [-0.2, 0) is 11.3 Å². The molecule has 1 aliphatic carbocycles. The molecule has 2 heterocycles. The number of imidazole rings is 1. The second-order valence-corrected chi connectivity index (χ2v) is 10.1. The van der Waals surface area contributed by atoms with E-state index >= 15 is 0 Å². The maximum absolute atomic E-state index is 13.5. The topological polar surface area (TPSA) is 73.4 Å². The molecule has 33 heavy (non-hydrogen) atoms. The maximum Gasteiger partial charge on any atom is 0.240 e. The normalized spacial score (nSPS) is 20.9. The van der Waals surface area contributed by atoms with E-state index in [1.807, 2.05) is 23.1 Å². The minimum absolute atomic E-state index is 0.0524. The molecule has 0 bridgehead atoms. The van der Waals surface area contributed by atoms with Crippen molar-refractivity contribution in [3.63, 3.8) is 0 Å². The summed E-state index contributed by atoms with van der Waals surface area (Å²) in [7, 11) is 1.63. The number of nitrogens with zero attached hydrogens (tertiary/aromatic N) is 3. The number of aromatic nitrogens is 2. The van der Waals surface area contributed by atoms with Crippen LogP contribution >= 0.6 is 11.6 Å². The first-order valence-corrected chi connectivity index (χ1v) is 12.8. The summed E-state index contributed by atoms with van der Waals surface area (Å²) in [5, 5.41) is 0.566. The van der Waals surface area contributed by atoms with Crippen LogP contribution in [0.2, 0.25) is 5.02 Å². The Balaban J connectivity index is 1.70. The first kappa shape index (κ1) is 24.1. The van der Waals surface area contributed by atoms with Gasteiger partial charge in [0.05, 0.1) is 29.9 Å². The quantitative estimate of drug-likeness (QED) is 0.582. The second-order valence-electron chi connectivity index (χ2n) is 9.70. The van der Waals surface area contributed by atoms with Crippen molar-refractivity contribution in [2.24, 2.45) is 17.6 Å². The predicted molar refractivity (Wildman–Crippen MR) is 132 cm³/mol. The molecule has 1 fully saturated rings. The lowest BCUT2D eigenvalue weighted by Gasteiger charge is -2.40. The number of carbonyl (C=O) groups is 1. The Labute approximate surface area is 202 Å². The second kappa shape index (κ2) is 10.5. The Morgan fingerprint density at radius 1 is 1.27 bits per heavy atom. The number of amides is 1. The monoisotopic (exact) mass is 472 g/mol. The molecule has 1 aromatic carbocycles. The van der Waals surface area contributed by atoms with Crippen molar-refractivity contribution < 1.29 is 9.53 Å². The van der Waals surface area contributed by atoms with E-state index in [1.165, 1.54) is 32.1 Å². The summed E-state index contributed by atoms with van der Waals surface area (Å²) in [6.45, 7) is 5.53. The molecular formula is C26H37ClN4O2. The number of hydrogen-bond donors (Lipinski definition) is 1. The molecule has 7 heteroatoms. The van der Waals surface area contributed by atoms with Crippen molar-refractivity contribution >= 4 is 17.5 Å². The van der Waals surface area contributed by atoms with Crippen molar-refractivity contribution in [1.29, 1.82) is 0 Å². The van der Waals surface area contributed by atoms with Crippen molar-refractivity contribution in [2.45, 2.75) is 77.4 Å². The lowest BCUT2D eigenvalue weighted by Crippen LogP contribution is -2.51. The summed E-state index contributed by atoms with van der Waals surface area (Å²) in [6.07, 6.45) is 10.2. The van der Waals surface area contributed by atoms with Crippen LogP contribution in [0.3, 0.4) is 0 Å². The van der Waals surface area contributed by atoms with Gasteiger partial charge < -0.3 is 19.9 Å². The van der Waals surface area contributed by atoms with Crippen LogP contribution in [-0.4, -0.2) is 40.1 Å². The smallest absolute Gasteiger partial charge is 0.240 e. The van der Waals surface area contributed by atoms with E-state index in [0.29, 0.717) is 29.8 Å². The van der Waals surface area contributed by atoms with Crippen LogP contribution in [0, 0.1) is 11.8 Å². The first-order valence-electron chi connectivity index (χ1n) is 12.4. The third-order valence-corrected chi connectivity index (χ3v) is 7.91. The zero-order valence-electron chi connectivity index (χ0n) is 20.1. The number of methoxy groups -OCH3 is 1. The highest BCUT2D eigenvalue weighted by Gasteiger charge is 2.37. The Morgan fingerprint density at radius 3 is 2.73 bits per heavy atom. The highest BCUT2D eigenvalue weighted by molar-refractivity contribution is 6.32. The lowest BCUT2D eigenvalue weighted by molar-refractivity contribution is -0.138. The molecule has 4 rings (SSSR count). The highest BCUT2D eigenvalue weighted by atomic mass is 35.5. The van der Waals surface area contributed by atoms with Crippen molar-refractivity contribution in [1.82, 2.24) is 14.5 Å². The summed E-state index contributed by atoms with van der Waals surface area (Å²) in [5.74, 6) is 2.41. The number of ether oxygens (including phenoxy) is 1. The fraction of sp³-hybridized carbons (Fsp3) is 0.615. The molecule has 1 aromatic heterocycles. The minimum Gasteiger partial charge on any atom is -0.494 e. The minimum atomic E-state index is -0.474. The summed E-state index contributed by atoms with van der Waals surface area (Å²) in [4.78, 5) is 20.6. The van der Waals surface area contributed by atoms with Crippen LogP contribution in [0.5, 0.6) is 5.75 Å². The molecule has 3 atom stereocenters. The van der Waals surface area contributed by atoms with E-state index in [-0.39, 0.29) is 17.9 Å². The molecule has 6 nitrogen and oxygen atoms in total. The molecule has 0 saturated heterocycles. The van der Waals surface area contributed by atoms with Crippen LogP contribution in [0.1, 0.15) is 70.7 Å². The molecule has 2 aromatic rings. The SMILES string of the molecule is CC[C@H](C)[C@H](N)C(=O)N1CCn2cc(-c3cccc(Cl)c3OC)nc2[C@@H]1CC1CCCCC1. The number of nitrogens with two attached hydrogens (primary N) is 1. The molecule has 1 aliphatic heterocycles. The molecular weight excluding hydrogens is 436 g/mol. The van der Waals surface area contributed by atoms with Crippen LogP contribution in [0.15, 0.2) is 24.4 Å². The Kier molecular flexibility index (Phi) is 7.65. The van der Waals surface area contributed by atoms with E-state index in [1.54, 1.807) is 7.11 Å². The van der Waals surface area contributed by atoms with Gasteiger partial charge in [-0.1, -0.05) is 70.0 Å². The fourth-order valence-corrected chi connectivity index (χ4v) is 5.61. The Hall–Kier alpha value is -2.05. The van der Waals surface area contributed by atoms with Crippen molar-refractivity contribution in [2.75, 3.05) is 13.7 Å². The number of halogens is 1. The van der Waals surface area contributed by atoms with E-state index in [2.05, 4.69) is 24.6 Å². The summed E-state index contributed by atoms with van der Waals surface area (Å²) < 4.78 is 7.79. The van der Waals surface area contributed by atoms with Gasteiger partial charge >= 0.3 is 0 Å². The van der Waals surface area contributed by atoms with E-state index < -0.39 is 6.04 Å². The average Bonchev–Trinajstić information content (AvgIpc) is 3.28. The van der Waals surface area contributed by atoms with Gasteiger partial charge in [0.25, 0.3) is 0 Å². The number of rotatable bonds is 7. The number of para-hydroxylation sites is 1. The molecule has 2 N–H and O–H groups in total. The number of hydrogen-bond acceptors (Lipinski definition) is 4. The molecule has 0 unspecified atom stereocenters. The van der Waals surface area contributed by atoms with Gasteiger partial charge in [0.1, 0.15) is 11.6 Å². The summed E-state index contributed by atoms with van der Waals surface area (Å²) in [6, 6.07) is 5.19. The summed E-state index contributed by atoms with van der Waals surface area (Å²) in [5.41, 5.74) is 8.12. The van der Waals surface area contributed by atoms with Gasteiger partial charge in [0, 0.05) is 24.8 Å². The largest absolute Gasteiger partial charge is 0.494 e. The zero-order valence-corrected chi connectivity index (χ0v) is 20.9.